The average Bonchev–Trinajstić information content (AvgIpc) is 3.02. The lowest BCUT2D eigenvalue weighted by atomic mass is 9.84. The van der Waals surface area contributed by atoms with Crippen molar-refractivity contribution in [2.75, 3.05) is 7.11 Å². The van der Waals surface area contributed by atoms with Gasteiger partial charge in [0.15, 0.2) is 8.32 Å². The summed E-state index contributed by atoms with van der Waals surface area (Å²) in [5.41, 5.74) is -0.714. The summed E-state index contributed by atoms with van der Waals surface area (Å²) in [7, 11) is -0.514. The summed E-state index contributed by atoms with van der Waals surface area (Å²) in [4.78, 5) is 12.4. The minimum absolute atomic E-state index is 0.374. The van der Waals surface area contributed by atoms with Gasteiger partial charge in [-0.2, -0.15) is 0 Å². The number of hydrogen-bond donors (Lipinski definition) is 1. The Bertz CT molecular complexity index is 514. The molecule has 0 aliphatic heterocycles. The van der Waals surface area contributed by atoms with Crippen molar-refractivity contribution < 1.29 is 19.1 Å². The molecule has 1 N–H and O–H groups in total. The Kier molecular flexibility index (Phi) is 13.9. The summed E-state index contributed by atoms with van der Waals surface area (Å²) in [6.45, 7) is 8.67. The van der Waals surface area contributed by atoms with Crippen molar-refractivity contribution in [3.8, 4) is 0 Å². The predicted molar refractivity (Wildman–Crippen MR) is 133 cm³/mol. The van der Waals surface area contributed by atoms with Crippen LogP contribution in [-0.2, 0) is 14.0 Å². The lowest BCUT2D eigenvalue weighted by Crippen LogP contribution is -2.50. The maximum atomic E-state index is 12.4. The third-order valence-corrected chi connectivity index (χ3v) is 7.31. The average molecular weight is 455 g/mol. The largest absolute Gasteiger partial charge is 0.469 e. The zero-order valence-corrected chi connectivity index (χ0v) is 22.1. The van der Waals surface area contributed by atoms with Crippen LogP contribution in [0.1, 0.15) is 103 Å². The quantitative estimate of drug-likeness (QED) is 0.103. The Morgan fingerprint density at radius 3 is 1.74 bits per heavy atom. The number of aliphatic hydroxyl groups excluding tert-OH is 1. The van der Waals surface area contributed by atoms with Crippen LogP contribution in [0.15, 0.2) is 12.2 Å². The van der Waals surface area contributed by atoms with E-state index < -0.39 is 25.9 Å². The second kappa shape index (κ2) is 15.2. The molecular formula is C26H50O4Si. The molecule has 0 fully saturated rings. The second-order valence-corrected chi connectivity index (χ2v) is 14.8. The highest BCUT2D eigenvalue weighted by molar-refractivity contribution is 6.69. The van der Waals surface area contributed by atoms with Crippen LogP contribution in [-0.4, -0.2) is 38.2 Å². The van der Waals surface area contributed by atoms with E-state index in [1.807, 2.05) is 6.08 Å². The van der Waals surface area contributed by atoms with Crippen LogP contribution in [0.3, 0.4) is 0 Å². The molecule has 1 aliphatic carbocycles. The van der Waals surface area contributed by atoms with E-state index in [2.05, 4.69) is 26.6 Å². The molecule has 0 bridgehead atoms. The van der Waals surface area contributed by atoms with E-state index in [0.29, 0.717) is 0 Å². The molecule has 4 nitrogen and oxygen atoms in total. The molecule has 0 aromatic heterocycles. The summed E-state index contributed by atoms with van der Waals surface area (Å²) in [5.74, 6) is -1.02. The van der Waals surface area contributed by atoms with Crippen LogP contribution in [0.5, 0.6) is 0 Å². The van der Waals surface area contributed by atoms with Crippen LogP contribution in [0.2, 0.25) is 19.6 Å². The second-order valence-electron chi connectivity index (χ2n) is 10.4. The Labute approximate surface area is 193 Å². The van der Waals surface area contributed by atoms with Crippen molar-refractivity contribution in [3.05, 3.63) is 12.2 Å². The highest BCUT2D eigenvalue weighted by Gasteiger charge is 2.51. The summed E-state index contributed by atoms with van der Waals surface area (Å²) < 4.78 is 11.5. The van der Waals surface area contributed by atoms with E-state index in [-0.39, 0.29) is 5.97 Å². The molecular weight excluding hydrogens is 404 g/mol. The molecule has 31 heavy (non-hydrogen) atoms. The normalized spacial score (nSPS) is 23.4. The number of carbonyl (C=O) groups is 1. The monoisotopic (exact) mass is 454 g/mol. The third kappa shape index (κ3) is 11.2. The van der Waals surface area contributed by atoms with E-state index in [1.165, 1.54) is 84.2 Å². The van der Waals surface area contributed by atoms with Gasteiger partial charge in [-0.25, -0.2) is 0 Å². The predicted octanol–water partition coefficient (Wildman–Crippen LogP) is 7.17. The minimum Gasteiger partial charge on any atom is -0.469 e. The molecule has 182 valence electrons. The number of aliphatic hydroxyl groups is 1. The van der Waals surface area contributed by atoms with E-state index in [0.717, 1.165) is 19.3 Å². The van der Waals surface area contributed by atoms with E-state index in [4.69, 9.17) is 9.16 Å². The first-order chi connectivity index (χ1) is 14.8. The lowest BCUT2D eigenvalue weighted by Gasteiger charge is -2.39. The number of rotatable bonds is 18. The zero-order valence-electron chi connectivity index (χ0n) is 21.1. The zero-order chi connectivity index (χ0) is 23.2. The van der Waals surface area contributed by atoms with Gasteiger partial charge in [0.2, 0.25) is 0 Å². The molecule has 0 aromatic carbocycles. The van der Waals surface area contributed by atoms with Crippen molar-refractivity contribution in [1.82, 2.24) is 0 Å². The molecule has 0 unspecified atom stereocenters. The Balaban J connectivity index is 2.25. The third-order valence-electron chi connectivity index (χ3n) is 6.32. The van der Waals surface area contributed by atoms with Crippen LogP contribution in [0, 0.1) is 5.92 Å². The maximum absolute atomic E-state index is 12.4. The van der Waals surface area contributed by atoms with Gasteiger partial charge in [0.25, 0.3) is 0 Å². The van der Waals surface area contributed by atoms with Crippen molar-refractivity contribution in [2.24, 2.45) is 5.92 Å². The Morgan fingerprint density at radius 2 is 1.32 bits per heavy atom. The van der Waals surface area contributed by atoms with Gasteiger partial charge in [0.1, 0.15) is 5.92 Å². The van der Waals surface area contributed by atoms with Gasteiger partial charge in [-0.3, -0.25) is 4.79 Å². The number of carbonyl (C=O) groups excluding carboxylic acids is 1. The number of methoxy groups -OCH3 is 1. The molecule has 1 aliphatic rings. The molecule has 1 rings (SSSR count). The van der Waals surface area contributed by atoms with Crippen molar-refractivity contribution in [2.45, 2.75) is 135 Å². The molecule has 0 radical (unpaired) electrons. The van der Waals surface area contributed by atoms with Crippen LogP contribution >= 0.6 is 0 Å². The van der Waals surface area contributed by atoms with Gasteiger partial charge in [-0.05, 0) is 26.1 Å². The maximum Gasteiger partial charge on any atom is 0.314 e. The van der Waals surface area contributed by atoms with Gasteiger partial charge < -0.3 is 14.3 Å². The SMILES string of the molecule is CCCCCCCCCCCCCCCC[C@]1(O[Si](C)(C)C)C=C[C@@H](O)[C@H]1C(=O)OC. The molecule has 0 saturated heterocycles. The highest BCUT2D eigenvalue weighted by atomic mass is 28.4. The summed E-state index contributed by atoms with van der Waals surface area (Å²) in [6, 6.07) is 0. The Hall–Kier alpha value is -0.653. The smallest absolute Gasteiger partial charge is 0.314 e. The first kappa shape index (κ1) is 28.4. The minimum atomic E-state index is -1.90. The van der Waals surface area contributed by atoms with Gasteiger partial charge in [-0.15, -0.1) is 0 Å². The standard InChI is InChI=1S/C26H50O4Si/c1-6-7-8-9-10-11-12-13-14-15-16-17-18-19-21-26(30-31(3,4)5)22-20-23(27)24(26)25(28)29-2/h20,22-24,27H,6-19,21H2,1-5H3/t23-,24+,26+/m1/s1. The fourth-order valence-electron chi connectivity index (χ4n) is 4.78. The number of hydrogen-bond acceptors (Lipinski definition) is 4. The molecule has 0 heterocycles. The van der Waals surface area contributed by atoms with E-state index in [1.54, 1.807) is 6.08 Å². The van der Waals surface area contributed by atoms with Crippen molar-refractivity contribution in [1.29, 1.82) is 0 Å². The van der Waals surface area contributed by atoms with Gasteiger partial charge in [-0.1, -0.05) is 109 Å². The summed E-state index contributed by atoms with van der Waals surface area (Å²) in [5, 5.41) is 10.4. The first-order valence-corrected chi connectivity index (χ1v) is 16.3. The van der Waals surface area contributed by atoms with Crippen molar-refractivity contribution >= 4 is 14.3 Å². The molecule has 0 spiro atoms. The molecule has 5 heteroatoms. The first-order valence-electron chi connectivity index (χ1n) is 12.9. The fourth-order valence-corrected chi connectivity index (χ4v) is 6.22. The van der Waals surface area contributed by atoms with Crippen molar-refractivity contribution in [3.63, 3.8) is 0 Å². The number of unbranched alkanes of at least 4 members (excludes halogenated alkanes) is 13. The molecule has 0 saturated carbocycles. The topological polar surface area (TPSA) is 55.8 Å². The van der Waals surface area contributed by atoms with Crippen LogP contribution in [0.25, 0.3) is 0 Å². The molecule has 0 aromatic rings. The molecule has 0 amide bonds. The van der Waals surface area contributed by atoms with Gasteiger partial charge in [0.05, 0.1) is 18.8 Å². The van der Waals surface area contributed by atoms with Gasteiger partial charge in [0, 0.05) is 0 Å². The number of ether oxygens (including phenoxy) is 1. The Morgan fingerprint density at radius 1 is 0.871 bits per heavy atom. The lowest BCUT2D eigenvalue weighted by molar-refractivity contribution is -0.156. The van der Waals surface area contributed by atoms with E-state index >= 15 is 0 Å². The van der Waals surface area contributed by atoms with Crippen LogP contribution in [0.4, 0.5) is 0 Å². The summed E-state index contributed by atoms with van der Waals surface area (Å²) >= 11 is 0. The fraction of sp³-hybridized carbons (Fsp3) is 0.885. The highest BCUT2D eigenvalue weighted by Crippen LogP contribution is 2.40. The summed E-state index contributed by atoms with van der Waals surface area (Å²) in [6.07, 6.45) is 22.1. The van der Waals surface area contributed by atoms with E-state index in [9.17, 15) is 9.90 Å². The van der Waals surface area contributed by atoms with Gasteiger partial charge >= 0.3 is 5.97 Å². The molecule has 3 atom stereocenters. The van der Waals surface area contributed by atoms with Crippen LogP contribution < -0.4 is 0 Å². The number of esters is 1.